The second kappa shape index (κ2) is 6.83. The lowest BCUT2D eigenvalue weighted by Gasteiger charge is -2.10. The van der Waals surface area contributed by atoms with Gasteiger partial charge in [0.1, 0.15) is 12.4 Å². The summed E-state index contributed by atoms with van der Waals surface area (Å²) in [5, 5.41) is 16.0. The number of anilines is 1. The van der Waals surface area contributed by atoms with Crippen molar-refractivity contribution in [3.63, 3.8) is 0 Å². The van der Waals surface area contributed by atoms with Crippen LogP contribution < -0.4 is 5.32 Å². The van der Waals surface area contributed by atoms with Crippen LogP contribution in [-0.4, -0.2) is 36.3 Å². The number of hydrogen-bond acceptors (Lipinski definition) is 4. The quantitative estimate of drug-likeness (QED) is 0.732. The third kappa shape index (κ3) is 3.21. The van der Waals surface area contributed by atoms with Gasteiger partial charge in [-0.25, -0.2) is 4.98 Å². The summed E-state index contributed by atoms with van der Waals surface area (Å²) in [6, 6.07) is 7.20. The molecule has 0 saturated carbocycles. The maximum Gasteiger partial charge on any atom is 0.325 e. The number of nitrogens with zero attached hydrogens (tertiary/aromatic N) is 4. The molecule has 0 atom stereocenters. The molecule has 0 fully saturated rings. The van der Waals surface area contributed by atoms with Gasteiger partial charge in [-0.1, -0.05) is 18.2 Å². The third-order valence-corrected chi connectivity index (χ3v) is 4.14. The first kappa shape index (κ1) is 17.4. The number of benzene rings is 1. The van der Waals surface area contributed by atoms with Gasteiger partial charge in [0.25, 0.3) is 5.91 Å². The largest absolute Gasteiger partial charge is 0.480 e. The summed E-state index contributed by atoms with van der Waals surface area (Å²) < 4.78 is 3.20. The number of amides is 1. The molecule has 8 heteroatoms. The van der Waals surface area contributed by atoms with E-state index in [0.717, 1.165) is 0 Å². The molecule has 3 aromatic rings. The van der Waals surface area contributed by atoms with Crippen LogP contribution in [0.15, 0.2) is 36.7 Å². The van der Waals surface area contributed by atoms with Gasteiger partial charge in [0.15, 0.2) is 0 Å². The number of aliphatic carboxylic acids is 1. The predicted molar refractivity (Wildman–Crippen MR) is 95.9 cm³/mol. The molecule has 0 unspecified atom stereocenters. The van der Waals surface area contributed by atoms with Crippen LogP contribution in [0.3, 0.4) is 0 Å². The maximum atomic E-state index is 12.9. The summed E-state index contributed by atoms with van der Waals surface area (Å²) in [6.07, 6.45) is 3.49. The lowest BCUT2D eigenvalue weighted by Crippen LogP contribution is -2.15. The molecule has 134 valence electrons. The van der Waals surface area contributed by atoms with Gasteiger partial charge in [0.05, 0.1) is 22.6 Å². The molecule has 0 bridgehead atoms. The van der Waals surface area contributed by atoms with Crippen LogP contribution in [0.1, 0.15) is 21.7 Å². The van der Waals surface area contributed by atoms with Crippen LogP contribution in [0.4, 0.5) is 5.69 Å². The number of carboxylic acid groups (broad SMARTS) is 1. The van der Waals surface area contributed by atoms with Gasteiger partial charge in [-0.15, -0.1) is 0 Å². The smallest absolute Gasteiger partial charge is 0.325 e. The monoisotopic (exact) mass is 353 g/mol. The first-order valence-electron chi connectivity index (χ1n) is 8.02. The highest BCUT2D eigenvalue weighted by atomic mass is 16.4. The van der Waals surface area contributed by atoms with Crippen molar-refractivity contribution in [2.75, 3.05) is 5.32 Å². The van der Waals surface area contributed by atoms with Crippen molar-refractivity contribution in [2.24, 2.45) is 7.05 Å². The van der Waals surface area contributed by atoms with E-state index in [9.17, 15) is 9.59 Å². The van der Waals surface area contributed by atoms with Crippen LogP contribution in [0.5, 0.6) is 0 Å². The summed E-state index contributed by atoms with van der Waals surface area (Å²) in [7, 11) is 1.86. The van der Waals surface area contributed by atoms with Crippen LogP contribution in [-0.2, 0) is 18.4 Å². The average molecular weight is 353 g/mol. The summed E-state index contributed by atoms with van der Waals surface area (Å²) in [4.78, 5) is 28.1. The number of hydrogen-bond donors (Lipinski definition) is 2. The highest BCUT2D eigenvalue weighted by Gasteiger charge is 2.19. The Balaban J connectivity index is 1.94. The van der Waals surface area contributed by atoms with Gasteiger partial charge < -0.3 is 15.0 Å². The number of imidazole rings is 1. The van der Waals surface area contributed by atoms with E-state index < -0.39 is 5.97 Å². The van der Waals surface area contributed by atoms with Gasteiger partial charge in [-0.05, 0) is 19.9 Å². The van der Waals surface area contributed by atoms with Gasteiger partial charge in [-0.3, -0.25) is 14.3 Å². The summed E-state index contributed by atoms with van der Waals surface area (Å²) in [5.74, 6) is -0.607. The molecule has 0 spiro atoms. The molecular weight excluding hydrogens is 334 g/mol. The number of rotatable bonds is 5. The lowest BCUT2D eigenvalue weighted by atomic mass is 10.1. The van der Waals surface area contributed by atoms with Crippen LogP contribution >= 0.6 is 0 Å². The number of aryl methyl sites for hydroxylation is 2. The molecule has 0 aliphatic heterocycles. The highest BCUT2D eigenvalue weighted by molar-refractivity contribution is 6.08. The molecule has 0 aliphatic rings. The van der Waals surface area contributed by atoms with E-state index in [1.165, 1.54) is 4.68 Å². The topological polar surface area (TPSA) is 102 Å². The molecule has 26 heavy (non-hydrogen) atoms. The fourth-order valence-corrected chi connectivity index (χ4v) is 2.84. The Morgan fingerprint density at radius 3 is 2.62 bits per heavy atom. The zero-order valence-corrected chi connectivity index (χ0v) is 14.7. The van der Waals surface area contributed by atoms with Crippen molar-refractivity contribution in [3.8, 4) is 11.4 Å². The van der Waals surface area contributed by atoms with Crippen LogP contribution in [0.2, 0.25) is 0 Å². The van der Waals surface area contributed by atoms with Gasteiger partial charge in [0.2, 0.25) is 0 Å². The van der Waals surface area contributed by atoms with E-state index in [1.54, 1.807) is 32.2 Å². The van der Waals surface area contributed by atoms with Crippen LogP contribution in [0, 0.1) is 13.8 Å². The average Bonchev–Trinajstić information content (AvgIpc) is 3.13. The van der Waals surface area contributed by atoms with E-state index in [2.05, 4.69) is 15.4 Å². The maximum absolute atomic E-state index is 12.9. The summed E-state index contributed by atoms with van der Waals surface area (Å²) >= 11 is 0. The highest BCUT2D eigenvalue weighted by Crippen LogP contribution is 2.25. The van der Waals surface area contributed by atoms with Crippen molar-refractivity contribution in [2.45, 2.75) is 20.4 Å². The molecule has 2 N–H and O–H groups in total. The Bertz CT molecular complexity index is 987. The fraction of sp³-hybridized carbons (Fsp3) is 0.222. The molecule has 2 heterocycles. The second-order valence-electron chi connectivity index (χ2n) is 5.96. The Labute approximate surface area is 150 Å². The molecule has 2 aromatic heterocycles. The fourth-order valence-electron chi connectivity index (χ4n) is 2.84. The summed E-state index contributed by atoms with van der Waals surface area (Å²) in [5.41, 5.74) is 2.86. The number of aromatic nitrogens is 4. The minimum atomic E-state index is -0.992. The number of carbonyl (C=O) groups is 2. The molecule has 3 rings (SSSR count). The standard InChI is InChI=1S/C18H19N5O3/c1-11-16(12(2)23(21-11)10-15(24)25)20-18(26)14-7-5-4-6-13(14)17-19-8-9-22(17)3/h4-9H,10H2,1-3H3,(H,20,26)(H,24,25). The van der Waals surface area contributed by atoms with Crippen molar-refractivity contribution in [1.82, 2.24) is 19.3 Å². The van der Waals surface area contributed by atoms with Crippen molar-refractivity contribution in [3.05, 3.63) is 53.6 Å². The van der Waals surface area contributed by atoms with E-state index in [1.807, 2.05) is 29.9 Å². The third-order valence-electron chi connectivity index (χ3n) is 4.14. The zero-order chi connectivity index (χ0) is 18.8. The number of carbonyl (C=O) groups excluding carboxylic acids is 1. The Kier molecular flexibility index (Phi) is 4.57. The Hall–Kier alpha value is -3.42. The number of nitrogens with one attached hydrogen (secondary N) is 1. The van der Waals surface area contributed by atoms with E-state index in [-0.39, 0.29) is 12.5 Å². The van der Waals surface area contributed by atoms with Crippen molar-refractivity contribution < 1.29 is 14.7 Å². The van der Waals surface area contributed by atoms with E-state index in [0.29, 0.717) is 34.0 Å². The minimum Gasteiger partial charge on any atom is -0.480 e. The minimum absolute atomic E-state index is 0.258. The molecular formula is C18H19N5O3. The van der Waals surface area contributed by atoms with Gasteiger partial charge >= 0.3 is 5.97 Å². The SMILES string of the molecule is Cc1nn(CC(=O)O)c(C)c1NC(=O)c1ccccc1-c1nccn1C. The van der Waals surface area contributed by atoms with E-state index in [4.69, 9.17) is 5.11 Å². The van der Waals surface area contributed by atoms with E-state index >= 15 is 0 Å². The number of carboxylic acids is 1. The second-order valence-corrected chi connectivity index (χ2v) is 5.96. The Morgan fingerprint density at radius 2 is 1.96 bits per heavy atom. The van der Waals surface area contributed by atoms with Gasteiger partial charge in [0, 0.05) is 25.0 Å². The van der Waals surface area contributed by atoms with Crippen molar-refractivity contribution >= 4 is 17.6 Å². The molecule has 1 aromatic carbocycles. The molecule has 1 amide bonds. The predicted octanol–water partition coefficient (Wildman–Crippen LogP) is 2.24. The summed E-state index contributed by atoms with van der Waals surface area (Å²) in [6.45, 7) is 3.20. The van der Waals surface area contributed by atoms with Crippen molar-refractivity contribution in [1.29, 1.82) is 0 Å². The lowest BCUT2D eigenvalue weighted by molar-refractivity contribution is -0.137. The Morgan fingerprint density at radius 1 is 1.23 bits per heavy atom. The molecule has 0 radical (unpaired) electrons. The molecule has 0 saturated heterocycles. The van der Waals surface area contributed by atoms with Crippen LogP contribution in [0.25, 0.3) is 11.4 Å². The van der Waals surface area contributed by atoms with Gasteiger partial charge in [-0.2, -0.15) is 5.10 Å². The first-order valence-corrected chi connectivity index (χ1v) is 8.02. The normalized spacial score (nSPS) is 10.7. The molecule has 8 nitrogen and oxygen atoms in total. The molecule has 0 aliphatic carbocycles. The first-order chi connectivity index (χ1) is 12.4. The zero-order valence-electron chi connectivity index (χ0n) is 14.7.